The van der Waals surface area contributed by atoms with Crippen LogP contribution in [0.5, 0.6) is 0 Å². The van der Waals surface area contributed by atoms with E-state index in [1.165, 1.54) is 16.8 Å². The number of anilines is 2. The third-order valence-corrected chi connectivity index (χ3v) is 8.71. The summed E-state index contributed by atoms with van der Waals surface area (Å²) in [7, 11) is -1.16. The molecule has 10 nitrogen and oxygen atoms in total. The van der Waals surface area contributed by atoms with Crippen molar-refractivity contribution in [3.63, 3.8) is 0 Å². The van der Waals surface area contributed by atoms with Gasteiger partial charge in [-0.05, 0) is 56.1 Å². The van der Waals surface area contributed by atoms with Gasteiger partial charge >= 0.3 is 6.09 Å². The van der Waals surface area contributed by atoms with Crippen LogP contribution >= 0.6 is 0 Å². The molecule has 1 fully saturated rings. The Hall–Kier alpha value is -3.08. The first-order valence-corrected chi connectivity index (χ1v) is 13.4. The van der Waals surface area contributed by atoms with Crippen LogP contribution in [0, 0.1) is 11.8 Å². The van der Waals surface area contributed by atoms with Crippen molar-refractivity contribution >= 4 is 34.2 Å². The number of fused-ring (bicyclic) bond motifs is 3. The van der Waals surface area contributed by atoms with Gasteiger partial charge in [-0.25, -0.2) is 19.7 Å². The third-order valence-electron chi connectivity index (χ3n) is 7.25. The van der Waals surface area contributed by atoms with Crippen molar-refractivity contribution in [1.82, 2.24) is 19.9 Å². The van der Waals surface area contributed by atoms with Gasteiger partial charge in [0.25, 0.3) is 0 Å². The summed E-state index contributed by atoms with van der Waals surface area (Å²) in [6, 6.07) is 0. The van der Waals surface area contributed by atoms with E-state index in [0.29, 0.717) is 40.7 Å². The van der Waals surface area contributed by atoms with Crippen LogP contribution < -0.4 is 16.0 Å². The highest BCUT2D eigenvalue weighted by Crippen LogP contribution is 2.42. The van der Waals surface area contributed by atoms with E-state index < -0.39 is 22.4 Å². The molecule has 0 spiro atoms. The molecule has 0 aromatic carbocycles. The van der Waals surface area contributed by atoms with Crippen molar-refractivity contribution in [3.8, 4) is 0 Å². The van der Waals surface area contributed by atoms with Crippen LogP contribution in [0.3, 0.4) is 0 Å². The van der Waals surface area contributed by atoms with Gasteiger partial charge in [0.05, 0.1) is 22.0 Å². The van der Waals surface area contributed by atoms with E-state index in [9.17, 15) is 9.00 Å². The molecule has 4 aliphatic rings. The molecule has 0 saturated carbocycles. The van der Waals surface area contributed by atoms with Crippen LogP contribution in [-0.4, -0.2) is 61.2 Å². The largest absolute Gasteiger partial charge is 0.447 e. The van der Waals surface area contributed by atoms with E-state index in [1.54, 1.807) is 0 Å². The minimum atomic E-state index is -1.16. The second kappa shape index (κ2) is 8.25. The summed E-state index contributed by atoms with van der Waals surface area (Å²) in [6.07, 6.45) is 7.24. The lowest BCUT2D eigenvalue weighted by molar-refractivity contribution is 0.138. The maximum Gasteiger partial charge on any atom is 0.404 e. The number of hydrogen-bond acceptors (Lipinski definition) is 9. The van der Waals surface area contributed by atoms with Gasteiger partial charge in [0.15, 0.2) is 5.82 Å². The van der Waals surface area contributed by atoms with Crippen molar-refractivity contribution in [2.45, 2.75) is 50.0 Å². The van der Waals surface area contributed by atoms with E-state index in [4.69, 9.17) is 25.4 Å². The topological polar surface area (TPSA) is 136 Å². The summed E-state index contributed by atoms with van der Waals surface area (Å²) in [5.41, 5.74) is 9.05. The maximum absolute atomic E-state index is 12.7. The number of rotatable bonds is 6. The van der Waals surface area contributed by atoms with Crippen molar-refractivity contribution in [3.05, 3.63) is 35.0 Å². The van der Waals surface area contributed by atoms with E-state index >= 15 is 0 Å². The number of nitrogens with zero attached hydrogens (tertiary/aromatic N) is 5. The molecule has 184 valence electrons. The maximum atomic E-state index is 12.7. The minimum Gasteiger partial charge on any atom is -0.447 e. The quantitative estimate of drug-likeness (QED) is 0.615. The van der Waals surface area contributed by atoms with E-state index in [-0.39, 0.29) is 6.61 Å². The van der Waals surface area contributed by atoms with Crippen LogP contribution in [0.25, 0.3) is 5.57 Å². The Morgan fingerprint density at radius 3 is 2.80 bits per heavy atom. The number of carbonyl (C=O) groups excluding carboxylic acids is 1. The Labute approximate surface area is 206 Å². The molecule has 0 radical (unpaired) electrons. The molecule has 2 aliphatic heterocycles. The molecule has 35 heavy (non-hydrogen) atoms. The first kappa shape index (κ1) is 22.4. The fourth-order valence-corrected chi connectivity index (χ4v) is 6.66. The molecule has 6 rings (SSSR count). The van der Waals surface area contributed by atoms with Crippen LogP contribution in [0.1, 0.15) is 43.0 Å². The molecule has 0 bridgehead atoms. The van der Waals surface area contributed by atoms with Crippen LogP contribution in [0.2, 0.25) is 0 Å². The predicted molar refractivity (Wildman–Crippen MR) is 131 cm³/mol. The second-order valence-corrected chi connectivity index (χ2v) is 12.0. The second-order valence-electron chi connectivity index (χ2n) is 10.5. The zero-order valence-corrected chi connectivity index (χ0v) is 20.7. The van der Waals surface area contributed by atoms with Gasteiger partial charge < -0.3 is 20.7 Å². The molecule has 0 unspecified atom stereocenters. The number of amides is 1. The van der Waals surface area contributed by atoms with Crippen molar-refractivity contribution < 1.29 is 13.7 Å². The zero-order chi connectivity index (χ0) is 24.3. The fraction of sp³-hybridized carbons (Fsp3) is 0.542. The van der Waals surface area contributed by atoms with Crippen molar-refractivity contribution in [2.24, 2.45) is 17.6 Å². The molecule has 3 atom stereocenters. The number of primary amides is 1. The highest BCUT2D eigenvalue weighted by molar-refractivity contribution is 7.85. The number of hydrogen-bond donors (Lipinski definition) is 2. The van der Waals surface area contributed by atoms with Gasteiger partial charge in [-0.3, -0.25) is 4.21 Å². The summed E-state index contributed by atoms with van der Waals surface area (Å²) in [5, 5.41) is 3.33. The summed E-state index contributed by atoms with van der Waals surface area (Å²) >= 11 is 0. The normalized spacial score (nSPS) is 24.3. The van der Waals surface area contributed by atoms with E-state index in [0.717, 1.165) is 43.9 Å². The fourth-order valence-electron chi connectivity index (χ4n) is 5.36. The molecule has 2 aliphatic carbocycles. The Kier molecular flexibility index (Phi) is 5.28. The Morgan fingerprint density at radius 2 is 2.09 bits per heavy atom. The molecule has 2 aromatic heterocycles. The third kappa shape index (κ3) is 4.15. The monoisotopic (exact) mass is 495 g/mol. The van der Waals surface area contributed by atoms with Gasteiger partial charge in [-0.2, -0.15) is 4.98 Å². The van der Waals surface area contributed by atoms with Crippen LogP contribution in [0.4, 0.5) is 16.6 Å². The molecule has 1 amide bonds. The Morgan fingerprint density at radius 1 is 1.23 bits per heavy atom. The number of ether oxygens (including phenoxy) is 1. The Balaban J connectivity index is 1.23. The summed E-state index contributed by atoms with van der Waals surface area (Å²) in [4.78, 5) is 33.0. The summed E-state index contributed by atoms with van der Waals surface area (Å²) < 4.78 is 17.7. The number of allylic oxidation sites excluding steroid dienone is 1. The van der Waals surface area contributed by atoms with Crippen LogP contribution in [0.15, 0.2) is 17.2 Å². The lowest BCUT2D eigenvalue weighted by Crippen LogP contribution is -2.39. The number of carbonyl (C=O) groups is 1. The number of nitrogens with one attached hydrogen (secondary N) is 1. The lowest BCUT2D eigenvalue weighted by Gasteiger charge is -2.28. The average molecular weight is 496 g/mol. The van der Waals surface area contributed by atoms with Crippen molar-refractivity contribution in [1.29, 1.82) is 0 Å². The number of aromatic nitrogens is 4. The lowest BCUT2D eigenvalue weighted by atomic mass is 9.95. The van der Waals surface area contributed by atoms with Gasteiger partial charge in [-0.1, -0.05) is 6.08 Å². The van der Waals surface area contributed by atoms with Gasteiger partial charge in [0.1, 0.15) is 17.3 Å². The SMILES string of the molecule is CC(C)(COC(N)=O)Nc1nc(N2C[C@H]3CC(c4ncc5c(n4)CC5)=C[C@H]3C2)nc2c1[S@@](=O)CC2. The van der Waals surface area contributed by atoms with Gasteiger partial charge in [0.2, 0.25) is 5.95 Å². The summed E-state index contributed by atoms with van der Waals surface area (Å²) in [6.45, 7) is 5.51. The van der Waals surface area contributed by atoms with Crippen molar-refractivity contribution in [2.75, 3.05) is 35.7 Å². The molecular formula is C24H29N7O3S. The standard InChI is InChI=1S/C24H29N7O3S/c1-24(2,12-34-22(25)32)30-21-19-18(5-6-35(19)33)28-23(29-21)31-10-15-7-14(8-16(15)11-31)20-26-9-13-3-4-17(13)27-20/h7,9,15-16H,3-6,8,10-12H2,1-2H3,(H2,25,32)(H,28,29,30)/t15-,16+,35-/m0/s1. The molecule has 1 saturated heterocycles. The zero-order valence-electron chi connectivity index (χ0n) is 19.9. The summed E-state index contributed by atoms with van der Waals surface area (Å²) in [5.74, 6) is 3.50. The van der Waals surface area contributed by atoms with Gasteiger partial charge in [-0.15, -0.1) is 0 Å². The molecule has 4 heterocycles. The number of nitrogens with two attached hydrogens (primary N) is 1. The molecule has 3 N–H and O–H groups in total. The van der Waals surface area contributed by atoms with Gasteiger partial charge in [0, 0.05) is 37.2 Å². The minimum absolute atomic E-state index is 0.0648. The smallest absolute Gasteiger partial charge is 0.404 e. The molecular weight excluding hydrogens is 466 g/mol. The Bertz CT molecular complexity index is 1280. The molecule has 2 aromatic rings. The van der Waals surface area contributed by atoms with Crippen LogP contribution in [-0.2, 0) is 34.8 Å². The number of aryl methyl sites for hydroxylation is 3. The highest BCUT2D eigenvalue weighted by Gasteiger charge is 2.39. The average Bonchev–Trinajstić information content (AvgIpc) is 3.46. The van der Waals surface area contributed by atoms with E-state index in [1.807, 2.05) is 20.0 Å². The van der Waals surface area contributed by atoms with E-state index in [2.05, 4.69) is 21.3 Å². The molecule has 11 heteroatoms. The first-order valence-electron chi connectivity index (χ1n) is 12.1. The highest BCUT2D eigenvalue weighted by atomic mass is 32.2. The predicted octanol–water partition coefficient (Wildman–Crippen LogP) is 1.85. The first-order chi connectivity index (χ1) is 16.8.